The van der Waals surface area contributed by atoms with Crippen LogP contribution >= 0.6 is 0 Å². The van der Waals surface area contributed by atoms with Crippen LogP contribution < -0.4 is 9.64 Å². The predicted molar refractivity (Wildman–Crippen MR) is 167 cm³/mol. The Labute approximate surface area is 254 Å². The van der Waals surface area contributed by atoms with Crippen molar-refractivity contribution in [1.82, 2.24) is 0 Å². The topological polar surface area (TPSA) is 79.2 Å². The van der Waals surface area contributed by atoms with E-state index in [1.165, 1.54) is 24.3 Å². The van der Waals surface area contributed by atoms with Gasteiger partial charge in [-0.1, -0.05) is 32.9 Å². The van der Waals surface area contributed by atoms with Crippen molar-refractivity contribution in [3.63, 3.8) is 0 Å². The molecule has 3 aromatic carbocycles. The number of hydrogen-bond acceptors (Lipinski definition) is 5. The Balaban J connectivity index is 1.61. The van der Waals surface area contributed by atoms with Gasteiger partial charge < -0.3 is 24.3 Å². The summed E-state index contributed by atoms with van der Waals surface area (Å²) in [5, 5.41) is 20.0. The predicted octanol–water partition coefficient (Wildman–Crippen LogP) is 8.07. The fourth-order valence-electron chi connectivity index (χ4n) is 5.18. The van der Waals surface area contributed by atoms with Crippen LogP contribution in [-0.4, -0.2) is 37.7 Å². The highest BCUT2D eigenvalue weighted by atomic mass is 28.4. The molecule has 1 amide bonds. The zero-order chi connectivity index (χ0) is 31.4. The van der Waals surface area contributed by atoms with Crippen molar-refractivity contribution in [2.45, 2.75) is 76.7 Å². The minimum atomic E-state index is -2.22. The lowest BCUT2D eigenvalue weighted by Crippen LogP contribution is -2.55. The van der Waals surface area contributed by atoms with Gasteiger partial charge in [0.25, 0.3) is 0 Å². The summed E-state index contributed by atoms with van der Waals surface area (Å²) in [4.78, 5) is 15.3. The van der Waals surface area contributed by atoms with Crippen LogP contribution in [0.15, 0.2) is 66.7 Å². The third kappa shape index (κ3) is 7.63. The molecule has 0 unspecified atom stereocenters. The highest BCUT2D eigenvalue weighted by Crippen LogP contribution is 2.50. The molecule has 0 saturated carbocycles. The summed E-state index contributed by atoms with van der Waals surface area (Å²) in [6.07, 6.45) is 1.97. The average Bonchev–Trinajstić information content (AvgIpc) is 2.95. The summed E-state index contributed by atoms with van der Waals surface area (Å²) >= 11 is 0. The van der Waals surface area contributed by atoms with E-state index >= 15 is 0 Å². The molecule has 1 saturated heterocycles. The van der Waals surface area contributed by atoms with E-state index < -0.39 is 26.1 Å². The van der Waals surface area contributed by atoms with Crippen LogP contribution in [0.4, 0.5) is 14.5 Å². The number of carbonyl (C=O) groups is 1. The third-order valence-electron chi connectivity index (χ3n) is 8.69. The molecule has 6 nitrogen and oxygen atoms in total. The Morgan fingerprint density at radius 2 is 1.58 bits per heavy atom. The third-order valence-corrected chi connectivity index (χ3v) is 13.2. The lowest BCUT2D eigenvalue weighted by molar-refractivity contribution is -0.131. The number of ether oxygens (including phenoxy) is 1. The Morgan fingerprint density at radius 3 is 2.16 bits per heavy atom. The van der Waals surface area contributed by atoms with Crippen molar-refractivity contribution in [2.24, 2.45) is 5.92 Å². The van der Waals surface area contributed by atoms with Crippen molar-refractivity contribution in [1.29, 1.82) is 0 Å². The number of phenols is 1. The molecule has 0 aliphatic carbocycles. The molecule has 0 spiro atoms. The fourth-order valence-corrected chi connectivity index (χ4v) is 6.50. The average molecular weight is 612 g/mol. The van der Waals surface area contributed by atoms with Crippen LogP contribution in [0.2, 0.25) is 18.1 Å². The van der Waals surface area contributed by atoms with E-state index in [1.54, 1.807) is 47.4 Å². The van der Waals surface area contributed by atoms with Gasteiger partial charge in [-0.15, -0.1) is 0 Å². The Bertz CT molecular complexity index is 1380. The number of aliphatic hydroxyl groups is 1. The van der Waals surface area contributed by atoms with Gasteiger partial charge in [-0.3, -0.25) is 4.79 Å². The lowest BCUT2D eigenvalue weighted by atomic mass is 9.78. The van der Waals surface area contributed by atoms with Gasteiger partial charge in [0.15, 0.2) is 8.32 Å². The van der Waals surface area contributed by atoms with Crippen molar-refractivity contribution in [3.8, 4) is 11.5 Å². The fraction of sp³-hybridized carbons (Fsp3) is 0.441. The first kappa shape index (κ1) is 32.6. The van der Waals surface area contributed by atoms with Crippen LogP contribution in [0.3, 0.4) is 0 Å². The molecule has 1 aliphatic rings. The number of β-lactam (4-membered cyclic amide) rings is 1. The first-order valence-corrected chi connectivity index (χ1v) is 17.8. The number of aliphatic hydroxyl groups excluding tert-OH is 1. The molecular formula is C34H43F2NO5Si. The molecule has 3 atom stereocenters. The second kappa shape index (κ2) is 13.6. The SMILES string of the molecule is CC(C)(C)[Si](C)(C)O[C@@H](CC[C@H]1C(=O)N(c2ccc(F)cc2)[C@@H]1c1ccc(OCCCCO)cc1O)c1ccc(F)cc1. The number of nitrogens with zero attached hydrogens (tertiary/aromatic N) is 1. The van der Waals surface area contributed by atoms with Crippen molar-refractivity contribution >= 4 is 19.9 Å². The summed E-state index contributed by atoms with van der Waals surface area (Å²) in [6, 6.07) is 16.7. The highest BCUT2D eigenvalue weighted by molar-refractivity contribution is 6.74. The minimum Gasteiger partial charge on any atom is -0.507 e. The molecule has 0 radical (unpaired) electrons. The minimum absolute atomic E-state index is 0.00174. The Morgan fingerprint density at radius 1 is 0.953 bits per heavy atom. The van der Waals surface area contributed by atoms with Crippen molar-refractivity contribution in [2.75, 3.05) is 18.1 Å². The molecular weight excluding hydrogens is 568 g/mol. The molecule has 4 rings (SSSR count). The summed E-state index contributed by atoms with van der Waals surface area (Å²) in [6.45, 7) is 11.3. The standard InChI is InChI=1S/C34H43F2NO5Si/c1-34(2,3)43(4,5)42-31(23-8-10-24(35)11-9-23)19-18-29-32(37(33(29)40)26-14-12-25(36)13-15-26)28-17-16-27(22-30(28)39)41-21-7-6-20-38/h8-17,22,29,31-32,38-39H,6-7,18-21H2,1-5H3/t29-,31+,32-/m1/s1. The maximum absolute atomic E-state index is 13.8. The number of aromatic hydroxyl groups is 1. The van der Waals surface area contributed by atoms with E-state index in [4.69, 9.17) is 14.3 Å². The van der Waals surface area contributed by atoms with Gasteiger partial charge in [-0.2, -0.15) is 0 Å². The summed E-state index contributed by atoms with van der Waals surface area (Å²) < 4.78 is 40.1. The highest BCUT2D eigenvalue weighted by Gasteiger charge is 2.50. The number of phenolic OH excluding ortho intramolecular Hbond substituents is 1. The number of amides is 1. The number of benzene rings is 3. The van der Waals surface area contributed by atoms with Crippen LogP contribution in [0.1, 0.15) is 69.7 Å². The van der Waals surface area contributed by atoms with E-state index in [0.29, 0.717) is 49.3 Å². The molecule has 43 heavy (non-hydrogen) atoms. The number of anilines is 1. The molecule has 1 heterocycles. The molecule has 3 aromatic rings. The van der Waals surface area contributed by atoms with Crippen LogP contribution in [-0.2, 0) is 9.22 Å². The lowest BCUT2D eigenvalue weighted by Gasteiger charge is -2.48. The summed E-state index contributed by atoms with van der Waals surface area (Å²) in [5.41, 5.74) is 1.97. The Kier molecular flexibility index (Phi) is 10.3. The Hall–Kier alpha value is -3.27. The van der Waals surface area contributed by atoms with Gasteiger partial charge in [-0.25, -0.2) is 8.78 Å². The van der Waals surface area contributed by atoms with E-state index in [0.717, 1.165) is 5.56 Å². The quantitative estimate of drug-likeness (QED) is 0.116. The van der Waals surface area contributed by atoms with Crippen molar-refractivity contribution < 1.29 is 33.0 Å². The van der Waals surface area contributed by atoms with E-state index in [2.05, 4.69) is 33.9 Å². The molecule has 0 aromatic heterocycles. The van der Waals surface area contributed by atoms with E-state index in [-0.39, 0.29) is 35.2 Å². The van der Waals surface area contributed by atoms with Crippen LogP contribution in [0.5, 0.6) is 11.5 Å². The molecule has 232 valence electrons. The van der Waals surface area contributed by atoms with Gasteiger partial charge in [0.05, 0.1) is 24.7 Å². The van der Waals surface area contributed by atoms with E-state index in [1.807, 2.05) is 0 Å². The molecule has 1 fully saturated rings. The smallest absolute Gasteiger partial charge is 0.233 e. The van der Waals surface area contributed by atoms with Gasteiger partial charge >= 0.3 is 0 Å². The number of hydrogen-bond donors (Lipinski definition) is 2. The van der Waals surface area contributed by atoms with Crippen LogP contribution in [0, 0.1) is 17.6 Å². The van der Waals surface area contributed by atoms with Gasteiger partial charge in [0.2, 0.25) is 5.91 Å². The first-order chi connectivity index (χ1) is 20.3. The summed E-state index contributed by atoms with van der Waals surface area (Å²) in [5.74, 6) is -0.810. The maximum atomic E-state index is 13.8. The monoisotopic (exact) mass is 611 g/mol. The van der Waals surface area contributed by atoms with Crippen LogP contribution in [0.25, 0.3) is 0 Å². The largest absolute Gasteiger partial charge is 0.507 e. The molecule has 9 heteroatoms. The molecule has 2 N–H and O–H groups in total. The van der Waals surface area contributed by atoms with Gasteiger partial charge in [-0.05, 0) is 97.9 Å². The van der Waals surface area contributed by atoms with Gasteiger partial charge in [0, 0.05) is 23.9 Å². The van der Waals surface area contributed by atoms with E-state index in [9.17, 15) is 18.7 Å². The maximum Gasteiger partial charge on any atom is 0.233 e. The molecule has 1 aliphatic heterocycles. The number of carbonyl (C=O) groups excluding carboxylic acids is 1. The summed E-state index contributed by atoms with van der Waals surface area (Å²) in [7, 11) is -2.22. The zero-order valence-electron chi connectivity index (χ0n) is 25.6. The van der Waals surface area contributed by atoms with Gasteiger partial charge in [0.1, 0.15) is 23.1 Å². The normalized spacial score (nSPS) is 18.0. The van der Waals surface area contributed by atoms with Crippen molar-refractivity contribution in [3.05, 3.63) is 89.5 Å². The second-order valence-electron chi connectivity index (χ2n) is 12.7. The number of unbranched alkanes of at least 4 members (excludes halogenated alkanes) is 1. The second-order valence-corrected chi connectivity index (χ2v) is 17.5. The first-order valence-electron chi connectivity index (χ1n) is 14.9. The zero-order valence-corrected chi connectivity index (χ0v) is 26.6. The number of halogens is 2. The number of rotatable bonds is 13. The molecule has 0 bridgehead atoms.